The normalized spacial score (nSPS) is 15.2. The van der Waals surface area contributed by atoms with Gasteiger partial charge in [0.05, 0.1) is 18.7 Å². The van der Waals surface area contributed by atoms with Gasteiger partial charge in [0.2, 0.25) is 5.91 Å². The molecular weight excluding hydrogens is 276 g/mol. The van der Waals surface area contributed by atoms with Crippen LogP contribution in [0.1, 0.15) is 24.8 Å². The van der Waals surface area contributed by atoms with Gasteiger partial charge in [0.25, 0.3) is 0 Å². The lowest BCUT2D eigenvalue weighted by Gasteiger charge is -2.26. The number of piperidine rings is 1. The Balaban J connectivity index is 1.77. The molecule has 1 amide bonds. The van der Waals surface area contributed by atoms with Crippen molar-refractivity contribution in [1.29, 1.82) is 0 Å². The summed E-state index contributed by atoms with van der Waals surface area (Å²) >= 11 is 6.06. The minimum atomic E-state index is 0.185. The number of rotatable bonds is 5. The van der Waals surface area contributed by atoms with Crippen molar-refractivity contribution in [3.05, 3.63) is 28.8 Å². The number of carbonyl (C=O) groups is 1. The highest BCUT2D eigenvalue weighted by atomic mass is 35.5. The molecule has 0 aromatic heterocycles. The lowest BCUT2D eigenvalue weighted by molar-refractivity contribution is -0.131. The first-order valence-corrected chi connectivity index (χ1v) is 7.39. The Labute approximate surface area is 125 Å². The molecule has 0 spiro atoms. The second-order valence-corrected chi connectivity index (χ2v) is 5.42. The molecule has 4 nitrogen and oxygen atoms in total. The van der Waals surface area contributed by atoms with Crippen LogP contribution in [0.5, 0.6) is 5.75 Å². The molecule has 1 saturated heterocycles. The summed E-state index contributed by atoms with van der Waals surface area (Å²) in [5, 5.41) is 3.76. The van der Waals surface area contributed by atoms with Crippen LogP contribution in [0.3, 0.4) is 0 Å². The number of ether oxygens (including phenoxy) is 1. The SMILES string of the molecule is COc1ccc(CNCC(=O)N2CCCCC2)cc1Cl. The van der Waals surface area contributed by atoms with Crippen molar-refractivity contribution in [3.8, 4) is 5.75 Å². The number of likely N-dealkylation sites (tertiary alicyclic amines) is 1. The molecule has 0 saturated carbocycles. The second kappa shape index (κ2) is 7.50. The zero-order chi connectivity index (χ0) is 14.4. The molecule has 1 aromatic rings. The third kappa shape index (κ3) is 4.12. The Kier molecular flexibility index (Phi) is 5.68. The van der Waals surface area contributed by atoms with Crippen molar-refractivity contribution in [2.75, 3.05) is 26.7 Å². The number of hydrogen-bond acceptors (Lipinski definition) is 3. The van der Waals surface area contributed by atoms with E-state index in [0.29, 0.717) is 23.9 Å². The summed E-state index contributed by atoms with van der Waals surface area (Å²) in [5.74, 6) is 0.851. The molecule has 1 aliphatic heterocycles. The fourth-order valence-electron chi connectivity index (χ4n) is 2.39. The smallest absolute Gasteiger partial charge is 0.236 e. The van der Waals surface area contributed by atoms with Crippen LogP contribution in [0.15, 0.2) is 18.2 Å². The van der Waals surface area contributed by atoms with Crippen LogP contribution in [0, 0.1) is 0 Å². The molecule has 0 aliphatic carbocycles. The largest absolute Gasteiger partial charge is 0.495 e. The van der Waals surface area contributed by atoms with Crippen LogP contribution in [0.2, 0.25) is 5.02 Å². The Bertz CT molecular complexity index is 459. The Morgan fingerprint density at radius 2 is 2.10 bits per heavy atom. The summed E-state index contributed by atoms with van der Waals surface area (Å²) in [5.41, 5.74) is 1.04. The third-order valence-electron chi connectivity index (χ3n) is 3.53. The van der Waals surface area contributed by atoms with E-state index < -0.39 is 0 Å². The summed E-state index contributed by atoms with van der Waals surface area (Å²) in [6.07, 6.45) is 3.49. The molecule has 0 unspecified atom stereocenters. The van der Waals surface area contributed by atoms with E-state index >= 15 is 0 Å². The van der Waals surface area contributed by atoms with Crippen LogP contribution >= 0.6 is 11.6 Å². The first-order chi connectivity index (χ1) is 9.70. The van der Waals surface area contributed by atoms with Gasteiger partial charge in [-0.1, -0.05) is 17.7 Å². The van der Waals surface area contributed by atoms with Gasteiger partial charge in [-0.15, -0.1) is 0 Å². The Morgan fingerprint density at radius 3 is 2.75 bits per heavy atom. The number of methoxy groups -OCH3 is 1. The predicted molar refractivity (Wildman–Crippen MR) is 80.1 cm³/mol. The van der Waals surface area contributed by atoms with E-state index in [9.17, 15) is 4.79 Å². The van der Waals surface area contributed by atoms with Crippen LogP contribution in [0.4, 0.5) is 0 Å². The number of halogens is 1. The predicted octanol–water partition coefficient (Wildman–Crippen LogP) is 2.45. The molecule has 5 heteroatoms. The number of benzene rings is 1. The van der Waals surface area contributed by atoms with E-state index in [4.69, 9.17) is 16.3 Å². The zero-order valence-corrected chi connectivity index (χ0v) is 12.6. The van der Waals surface area contributed by atoms with Gasteiger partial charge >= 0.3 is 0 Å². The highest BCUT2D eigenvalue weighted by molar-refractivity contribution is 6.32. The van der Waals surface area contributed by atoms with Gasteiger partial charge < -0.3 is 15.0 Å². The molecular formula is C15H21ClN2O2. The highest BCUT2D eigenvalue weighted by Gasteiger charge is 2.15. The average molecular weight is 297 g/mol. The molecule has 1 N–H and O–H groups in total. The topological polar surface area (TPSA) is 41.6 Å². The number of nitrogens with zero attached hydrogens (tertiary/aromatic N) is 1. The number of carbonyl (C=O) groups excluding carboxylic acids is 1. The van der Waals surface area contributed by atoms with Gasteiger partial charge in [0, 0.05) is 19.6 Å². The van der Waals surface area contributed by atoms with Gasteiger partial charge in [-0.25, -0.2) is 0 Å². The maximum Gasteiger partial charge on any atom is 0.236 e. The van der Waals surface area contributed by atoms with Gasteiger partial charge in [0.15, 0.2) is 0 Å². The minimum Gasteiger partial charge on any atom is -0.495 e. The summed E-state index contributed by atoms with van der Waals surface area (Å²) in [4.78, 5) is 13.9. The van der Waals surface area contributed by atoms with E-state index in [1.807, 2.05) is 23.1 Å². The monoisotopic (exact) mass is 296 g/mol. The number of nitrogens with one attached hydrogen (secondary N) is 1. The highest BCUT2D eigenvalue weighted by Crippen LogP contribution is 2.24. The fraction of sp³-hybridized carbons (Fsp3) is 0.533. The van der Waals surface area contributed by atoms with Gasteiger partial charge in [-0.05, 0) is 37.0 Å². The van der Waals surface area contributed by atoms with E-state index in [0.717, 1.165) is 31.5 Å². The maximum atomic E-state index is 12.0. The van der Waals surface area contributed by atoms with Crippen LogP contribution in [-0.4, -0.2) is 37.6 Å². The third-order valence-corrected chi connectivity index (χ3v) is 3.83. The van der Waals surface area contributed by atoms with E-state index in [1.54, 1.807) is 7.11 Å². The molecule has 1 heterocycles. The number of hydrogen-bond donors (Lipinski definition) is 1. The standard InChI is InChI=1S/C15H21ClN2O2/c1-20-14-6-5-12(9-13(14)16)10-17-11-15(19)18-7-3-2-4-8-18/h5-6,9,17H,2-4,7-8,10-11H2,1H3. The molecule has 110 valence electrons. The minimum absolute atomic E-state index is 0.185. The van der Waals surface area contributed by atoms with Crippen molar-refractivity contribution < 1.29 is 9.53 Å². The van der Waals surface area contributed by atoms with Gasteiger partial charge in [-0.3, -0.25) is 4.79 Å². The van der Waals surface area contributed by atoms with Crippen LogP contribution < -0.4 is 10.1 Å². The summed E-state index contributed by atoms with van der Waals surface area (Å²) in [6, 6.07) is 5.65. The number of amides is 1. The molecule has 0 radical (unpaired) electrons. The summed E-state index contributed by atoms with van der Waals surface area (Å²) in [7, 11) is 1.59. The molecule has 1 aromatic carbocycles. The van der Waals surface area contributed by atoms with Crippen molar-refractivity contribution in [3.63, 3.8) is 0 Å². The summed E-state index contributed by atoms with van der Waals surface area (Å²) in [6.45, 7) is 2.80. The Hall–Kier alpha value is -1.26. The summed E-state index contributed by atoms with van der Waals surface area (Å²) < 4.78 is 5.11. The Morgan fingerprint density at radius 1 is 1.35 bits per heavy atom. The zero-order valence-electron chi connectivity index (χ0n) is 11.8. The molecule has 1 fully saturated rings. The van der Waals surface area contributed by atoms with Crippen molar-refractivity contribution >= 4 is 17.5 Å². The average Bonchev–Trinajstić information content (AvgIpc) is 2.48. The fourth-order valence-corrected chi connectivity index (χ4v) is 2.67. The molecule has 1 aliphatic rings. The second-order valence-electron chi connectivity index (χ2n) is 5.01. The first kappa shape index (κ1) is 15.1. The van der Waals surface area contributed by atoms with Crippen molar-refractivity contribution in [2.24, 2.45) is 0 Å². The maximum absolute atomic E-state index is 12.0. The van der Waals surface area contributed by atoms with E-state index in [2.05, 4.69) is 5.32 Å². The van der Waals surface area contributed by atoms with Crippen LogP contribution in [-0.2, 0) is 11.3 Å². The van der Waals surface area contributed by atoms with Crippen molar-refractivity contribution in [2.45, 2.75) is 25.8 Å². The van der Waals surface area contributed by atoms with Gasteiger partial charge in [0.1, 0.15) is 5.75 Å². The lowest BCUT2D eigenvalue weighted by atomic mass is 10.1. The first-order valence-electron chi connectivity index (χ1n) is 7.01. The van der Waals surface area contributed by atoms with Gasteiger partial charge in [-0.2, -0.15) is 0 Å². The quantitative estimate of drug-likeness (QED) is 0.907. The van der Waals surface area contributed by atoms with E-state index in [-0.39, 0.29) is 5.91 Å². The van der Waals surface area contributed by atoms with E-state index in [1.165, 1.54) is 6.42 Å². The molecule has 0 bridgehead atoms. The van der Waals surface area contributed by atoms with Crippen LogP contribution in [0.25, 0.3) is 0 Å². The molecule has 0 atom stereocenters. The molecule has 20 heavy (non-hydrogen) atoms. The molecule has 2 rings (SSSR count). The lowest BCUT2D eigenvalue weighted by Crippen LogP contribution is -2.40. The van der Waals surface area contributed by atoms with Crippen molar-refractivity contribution in [1.82, 2.24) is 10.2 Å².